The summed E-state index contributed by atoms with van der Waals surface area (Å²) in [4.78, 5) is 12.8. The molecule has 2 aromatic carbocycles. The van der Waals surface area contributed by atoms with Gasteiger partial charge in [0.25, 0.3) is 5.91 Å². The minimum Gasteiger partial charge on any atom is -0.390 e. The molecule has 2 N–H and O–H groups in total. The Morgan fingerprint density at radius 1 is 1.12 bits per heavy atom. The molecule has 0 unspecified atom stereocenters. The molecule has 0 aliphatic heterocycles. The van der Waals surface area contributed by atoms with E-state index in [1.54, 1.807) is 23.1 Å². The van der Waals surface area contributed by atoms with Gasteiger partial charge in [0.2, 0.25) is 0 Å². The first-order chi connectivity index (χ1) is 11.7. The first-order valence-corrected chi connectivity index (χ1v) is 7.90. The number of aliphatic hydroxyl groups is 1. The minimum atomic E-state index is -0.608. The molecule has 0 spiro atoms. The zero-order chi connectivity index (χ0) is 16.5. The van der Waals surface area contributed by atoms with Gasteiger partial charge in [0.15, 0.2) is 0 Å². The fourth-order valence-corrected chi connectivity index (χ4v) is 3.24. The SMILES string of the molecule is O=C(N[C@H]1c2ccccc2C[C@H]1O)c1ccccc1-n1cccn1. The van der Waals surface area contributed by atoms with E-state index in [0.717, 1.165) is 11.1 Å². The summed E-state index contributed by atoms with van der Waals surface area (Å²) in [5, 5.41) is 17.5. The van der Waals surface area contributed by atoms with Crippen LogP contribution in [0.1, 0.15) is 27.5 Å². The van der Waals surface area contributed by atoms with Gasteiger partial charge >= 0.3 is 0 Å². The van der Waals surface area contributed by atoms with E-state index in [0.29, 0.717) is 17.7 Å². The third-order valence-corrected chi connectivity index (χ3v) is 4.39. The molecule has 5 heteroatoms. The lowest BCUT2D eigenvalue weighted by atomic mass is 10.1. The van der Waals surface area contributed by atoms with Crippen molar-refractivity contribution < 1.29 is 9.90 Å². The Morgan fingerprint density at radius 2 is 1.92 bits per heavy atom. The van der Waals surface area contributed by atoms with Crippen molar-refractivity contribution in [3.05, 3.63) is 83.7 Å². The molecule has 1 amide bonds. The van der Waals surface area contributed by atoms with Gasteiger partial charge in [-0.25, -0.2) is 4.68 Å². The second kappa shape index (κ2) is 5.94. The number of aromatic nitrogens is 2. The Morgan fingerprint density at radius 3 is 2.75 bits per heavy atom. The van der Waals surface area contributed by atoms with Crippen LogP contribution >= 0.6 is 0 Å². The molecule has 1 heterocycles. The lowest BCUT2D eigenvalue weighted by Crippen LogP contribution is -2.34. The van der Waals surface area contributed by atoms with Crippen molar-refractivity contribution in [2.24, 2.45) is 0 Å². The number of carbonyl (C=O) groups is 1. The lowest BCUT2D eigenvalue weighted by Gasteiger charge is -2.19. The average molecular weight is 319 g/mol. The molecule has 1 aliphatic rings. The van der Waals surface area contributed by atoms with E-state index >= 15 is 0 Å². The fraction of sp³-hybridized carbons (Fsp3) is 0.158. The first kappa shape index (κ1) is 14.7. The summed E-state index contributed by atoms with van der Waals surface area (Å²) in [6.07, 6.45) is 3.42. The Hall–Kier alpha value is -2.92. The van der Waals surface area contributed by atoms with Gasteiger partial charge in [-0.05, 0) is 29.3 Å². The Balaban J connectivity index is 1.64. The summed E-state index contributed by atoms with van der Waals surface area (Å²) in [5.41, 5.74) is 3.30. The largest absolute Gasteiger partial charge is 0.390 e. The number of amides is 1. The maximum absolute atomic E-state index is 12.8. The third kappa shape index (κ3) is 2.49. The Bertz CT molecular complexity index is 874. The standard InChI is InChI=1S/C19H17N3O2/c23-17-12-13-6-1-2-7-14(13)18(17)21-19(24)15-8-3-4-9-16(15)22-11-5-10-20-22/h1-11,17-18,23H,12H2,(H,21,24)/t17-,18+/m1/s1. The van der Waals surface area contributed by atoms with Crippen LogP contribution in [-0.4, -0.2) is 26.9 Å². The molecule has 4 rings (SSSR count). The van der Waals surface area contributed by atoms with Crippen LogP contribution in [0.15, 0.2) is 67.0 Å². The molecule has 24 heavy (non-hydrogen) atoms. The number of fused-ring (bicyclic) bond motifs is 1. The van der Waals surface area contributed by atoms with E-state index in [1.165, 1.54) is 0 Å². The molecule has 0 radical (unpaired) electrons. The highest BCUT2D eigenvalue weighted by Gasteiger charge is 2.32. The van der Waals surface area contributed by atoms with Crippen molar-refractivity contribution in [2.75, 3.05) is 0 Å². The molecular formula is C19H17N3O2. The van der Waals surface area contributed by atoms with Gasteiger partial charge in [-0.15, -0.1) is 0 Å². The normalized spacial score (nSPS) is 19.0. The van der Waals surface area contributed by atoms with Gasteiger partial charge in [-0.1, -0.05) is 36.4 Å². The van der Waals surface area contributed by atoms with Crippen molar-refractivity contribution in [1.29, 1.82) is 0 Å². The molecule has 3 aromatic rings. The van der Waals surface area contributed by atoms with Crippen molar-refractivity contribution in [3.63, 3.8) is 0 Å². The monoisotopic (exact) mass is 319 g/mol. The molecule has 5 nitrogen and oxygen atoms in total. The van der Waals surface area contributed by atoms with Gasteiger partial charge in [-0.3, -0.25) is 4.79 Å². The minimum absolute atomic E-state index is 0.221. The van der Waals surface area contributed by atoms with Gasteiger partial charge in [0.1, 0.15) is 0 Å². The van der Waals surface area contributed by atoms with E-state index in [4.69, 9.17) is 0 Å². The van der Waals surface area contributed by atoms with Crippen molar-refractivity contribution >= 4 is 5.91 Å². The Kier molecular flexibility index (Phi) is 3.63. The summed E-state index contributed by atoms with van der Waals surface area (Å²) in [6.45, 7) is 0. The van der Waals surface area contributed by atoms with Crippen LogP contribution in [0.5, 0.6) is 0 Å². The summed E-state index contributed by atoms with van der Waals surface area (Å²) in [6, 6.07) is 16.5. The molecule has 2 atom stereocenters. The van der Waals surface area contributed by atoms with Crippen LogP contribution in [0.25, 0.3) is 5.69 Å². The van der Waals surface area contributed by atoms with E-state index < -0.39 is 6.10 Å². The Labute approximate surface area is 139 Å². The highest BCUT2D eigenvalue weighted by molar-refractivity contribution is 5.98. The van der Waals surface area contributed by atoms with Crippen molar-refractivity contribution in [2.45, 2.75) is 18.6 Å². The van der Waals surface area contributed by atoms with Crippen LogP contribution < -0.4 is 5.32 Å². The summed E-state index contributed by atoms with van der Waals surface area (Å²) >= 11 is 0. The van der Waals surface area contributed by atoms with Crippen LogP contribution in [0.4, 0.5) is 0 Å². The topological polar surface area (TPSA) is 67.2 Å². The molecule has 120 valence electrons. The van der Waals surface area contributed by atoms with Gasteiger partial charge < -0.3 is 10.4 Å². The van der Waals surface area contributed by atoms with Crippen molar-refractivity contribution in [3.8, 4) is 5.69 Å². The van der Waals surface area contributed by atoms with Crippen LogP contribution in [0.2, 0.25) is 0 Å². The number of hydrogen-bond donors (Lipinski definition) is 2. The fourth-order valence-electron chi connectivity index (χ4n) is 3.24. The van der Waals surface area contributed by atoms with E-state index in [2.05, 4.69) is 10.4 Å². The zero-order valence-corrected chi connectivity index (χ0v) is 13.0. The van der Waals surface area contributed by atoms with E-state index in [9.17, 15) is 9.90 Å². The molecule has 0 bridgehead atoms. The summed E-state index contributed by atoms with van der Waals surface area (Å²) in [7, 11) is 0. The number of rotatable bonds is 3. The van der Waals surface area contributed by atoms with Crippen LogP contribution in [0.3, 0.4) is 0 Å². The number of hydrogen-bond acceptors (Lipinski definition) is 3. The number of carbonyl (C=O) groups excluding carboxylic acids is 1. The molecule has 0 saturated carbocycles. The van der Waals surface area contributed by atoms with E-state index in [1.807, 2.05) is 48.5 Å². The van der Waals surface area contributed by atoms with E-state index in [-0.39, 0.29) is 11.9 Å². The molecule has 0 fully saturated rings. The average Bonchev–Trinajstić information content (AvgIpc) is 3.24. The second-order valence-corrected chi connectivity index (χ2v) is 5.89. The number of para-hydroxylation sites is 1. The van der Waals surface area contributed by atoms with Crippen LogP contribution in [-0.2, 0) is 6.42 Å². The number of nitrogens with zero attached hydrogens (tertiary/aromatic N) is 2. The first-order valence-electron chi connectivity index (χ1n) is 7.90. The summed E-state index contributed by atoms with van der Waals surface area (Å²) < 4.78 is 1.66. The summed E-state index contributed by atoms with van der Waals surface area (Å²) in [5.74, 6) is -0.221. The number of benzene rings is 2. The second-order valence-electron chi connectivity index (χ2n) is 5.89. The molecule has 1 aliphatic carbocycles. The molecule has 1 aromatic heterocycles. The lowest BCUT2D eigenvalue weighted by molar-refractivity contribution is 0.0858. The number of nitrogens with one attached hydrogen (secondary N) is 1. The number of aliphatic hydroxyl groups excluding tert-OH is 1. The van der Waals surface area contributed by atoms with Crippen molar-refractivity contribution in [1.82, 2.24) is 15.1 Å². The maximum Gasteiger partial charge on any atom is 0.254 e. The maximum atomic E-state index is 12.8. The highest BCUT2D eigenvalue weighted by atomic mass is 16.3. The quantitative estimate of drug-likeness (QED) is 0.778. The zero-order valence-electron chi connectivity index (χ0n) is 13.0. The van der Waals surface area contributed by atoms with Crippen LogP contribution in [0, 0.1) is 0 Å². The highest BCUT2D eigenvalue weighted by Crippen LogP contribution is 2.31. The molecule has 0 saturated heterocycles. The predicted molar refractivity (Wildman–Crippen MR) is 89.9 cm³/mol. The third-order valence-electron chi connectivity index (χ3n) is 4.39. The predicted octanol–water partition coefficient (Wildman–Crippen LogP) is 2.26. The van der Waals surface area contributed by atoms with Gasteiger partial charge in [-0.2, -0.15) is 5.10 Å². The smallest absolute Gasteiger partial charge is 0.254 e. The molecular weight excluding hydrogens is 302 g/mol. The van der Waals surface area contributed by atoms with Gasteiger partial charge in [0.05, 0.1) is 23.4 Å². The van der Waals surface area contributed by atoms with Gasteiger partial charge in [0, 0.05) is 18.8 Å².